The zero-order valence-electron chi connectivity index (χ0n) is 10.8. The van der Waals surface area contributed by atoms with E-state index in [1.54, 1.807) is 0 Å². The zero-order valence-corrected chi connectivity index (χ0v) is 11.6. The van der Waals surface area contributed by atoms with Crippen LogP contribution in [0, 0.1) is 5.41 Å². The van der Waals surface area contributed by atoms with Crippen molar-refractivity contribution in [3.8, 4) is 0 Å². The maximum atomic E-state index is 6.24. The van der Waals surface area contributed by atoms with E-state index >= 15 is 0 Å². The third kappa shape index (κ3) is 3.72. The molecule has 0 aromatic heterocycles. The molecule has 0 aliphatic heterocycles. The van der Waals surface area contributed by atoms with Gasteiger partial charge in [-0.1, -0.05) is 43.6 Å². The fraction of sp³-hybridized carbons (Fsp3) is 0.600. The number of halogens is 1. The van der Waals surface area contributed by atoms with Crippen molar-refractivity contribution in [3.05, 3.63) is 34.9 Å². The van der Waals surface area contributed by atoms with E-state index in [4.69, 9.17) is 11.6 Å². The molecule has 1 nitrogen and oxygen atoms in total. The van der Waals surface area contributed by atoms with Gasteiger partial charge in [0.15, 0.2) is 0 Å². The van der Waals surface area contributed by atoms with Crippen molar-refractivity contribution in [2.24, 2.45) is 5.41 Å². The van der Waals surface area contributed by atoms with Crippen molar-refractivity contribution in [1.29, 1.82) is 0 Å². The van der Waals surface area contributed by atoms with E-state index in [0.717, 1.165) is 24.0 Å². The van der Waals surface area contributed by atoms with Gasteiger partial charge in [-0.15, -0.1) is 0 Å². The predicted molar refractivity (Wildman–Crippen MR) is 74.6 cm³/mol. The summed E-state index contributed by atoms with van der Waals surface area (Å²) >= 11 is 6.24. The quantitative estimate of drug-likeness (QED) is 0.804. The molecule has 1 atom stereocenters. The Morgan fingerprint density at radius 1 is 1.35 bits per heavy atom. The van der Waals surface area contributed by atoms with Crippen LogP contribution in [0.5, 0.6) is 0 Å². The smallest absolute Gasteiger partial charge is 0.0438 e. The second-order valence-corrected chi connectivity index (χ2v) is 5.99. The largest absolute Gasteiger partial charge is 0.313 e. The summed E-state index contributed by atoms with van der Waals surface area (Å²) in [5, 5.41) is 4.55. The zero-order chi connectivity index (χ0) is 12.3. The van der Waals surface area contributed by atoms with Gasteiger partial charge < -0.3 is 5.32 Å². The van der Waals surface area contributed by atoms with Crippen molar-refractivity contribution in [1.82, 2.24) is 5.32 Å². The highest BCUT2D eigenvalue weighted by atomic mass is 35.5. The standard InChI is InChI=1S/C15H22ClN/c1-3-15(2,11-17-13-8-9-13)10-12-6-4-5-7-14(12)16/h4-7,13,17H,3,8-11H2,1-2H3. The molecule has 17 heavy (non-hydrogen) atoms. The Kier molecular flexibility index (Phi) is 4.11. The van der Waals surface area contributed by atoms with Gasteiger partial charge in [0, 0.05) is 17.6 Å². The normalized spacial score (nSPS) is 19.0. The first kappa shape index (κ1) is 12.9. The van der Waals surface area contributed by atoms with Crippen LogP contribution in [-0.2, 0) is 6.42 Å². The summed E-state index contributed by atoms with van der Waals surface area (Å²) in [5.74, 6) is 0. The molecule has 94 valence electrons. The highest BCUT2D eigenvalue weighted by Crippen LogP contribution is 2.30. The minimum Gasteiger partial charge on any atom is -0.313 e. The molecule has 2 heteroatoms. The first-order chi connectivity index (χ1) is 8.13. The van der Waals surface area contributed by atoms with Gasteiger partial charge in [0.05, 0.1) is 0 Å². The van der Waals surface area contributed by atoms with Crippen LogP contribution in [0.3, 0.4) is 0 Å². The summed E-state index contributed by atoms with van der Waals surface area (Å²) in [7, 11) is 0. The van der Waals surface area contributed by atoms with Crippen LogP contribution in [0.1, 0.15) is 38.7 Å². The Bertz CT molecular complexity index is 373. The van der Waals surface area contributed by atoms with Crippen molar-refractivity contribution in [3.63, 3.8) is 0 Å². The first-order valence-corrected chi connectivity index (χ1v) is 6.97. The second kappa shape index (κ2) is 5.41. The van der Waals surface area contributed by atoms with E-state index < -0.39 is 0 Å². The molecule has 1 fully saturated rings. The molecule has 0 bridgehead atoms. The van der Waals surface area contributed by atoms with Gasteiger partial charge >= 0.3 is 0 Å². The SMILES string of the molecule is CCC(C)(CNC1CC1)Cc1ccccc1Cl. The van der Waals surface area contributed by atoms with Gasteiger partial charge in [0.2, 0.25) is 0 Å². The van der Waals surface area contributed by atoms with Gasteiger partial charge in [-0.3, -0.25) is 0 Å². The average Bonchev–Trinajstić information content (AvgIpc) is 3.14. The molecular formula is C15H22ClN. The molecule has 1 aliphatic rings. The van der Waals surface area contributed by atoms with E-state index in [2.05, 4.69) is 31.3 Å². The average molecular weight is 252 g/mol. The lowest BCUT2D eigenvalue weighted by molar-refractivity contribution is 0.289. The minimum atomic E-state index is 0.313. The second-order valence-electron chi connectivity index (χ2n) is 5.59. The van der Waals surface area contributed by atoms with Crippen LogP contribution in [0.15, 0.2) is 24.3 Å². The summed E-state index contributed by atoms with van der Waals surface area (Å²) in [4.78, 5) is 0. The Morgan fingerprint density at radius 2 is 2.06 bits per heavy atom. The minimum absolute atomic E-state index is 0.313. The molecular weight excluding hydrogens is 230 g/mol. The number of benzene rings is 1. The molecule has 0 heterocycles. The molecule has 1 unspecified atom stereocenters. The number of hydrogen-bond donors (Lipinski definition) is 1. The van der Waals surface area contributed by atoms with Crippen molar-refractivity contribution in [2.45, 2.75) is 45.6 Å². The van der Waals surface area contributed by atoms with Crippen LogP contribution >= 0.6 is 11.6 Å². The van der Waals surface area contributed by atoms with E-state index in [1.165, 1.54) is 24.8 Å². The van der Waals surface area contributed by atoms with E-state index in [1.807, 2.05) is 12.1 Å². The van der Waals surface area contributed by atoms with Crippen molar-refractivity contribution < 1.29 is 0 Å². The molecule has 0 radical (unpaired) electrons. The fourth-order valence-corrected chi connectivity index (χ4v) is 2.29. The van der Waals surface area contributed by atoms with Crippen molar-refractivity contribution in [2.75, 3.05) is 6.54 Å². The summed E-state index contributed by atoms with van der Waals surface area (Å²) in [6.07, 6.45) is 4.94. The number of hydrogen-bond acceptors (Lipinski definition) is 1. The summed E-state index contributed by atoms with van der Waals surface area (Å²) < 4.78 is 0. The summed E-state index contributed by atoms with van der Waals surface area (Å²) in [6, 6.07) is 8.99. The third-order valence-corrected chi connectivity index (χ3v) is 4.19. The molecule has 1 saturated carbocycles. The Labute approximate surface area is 110 Å². The molecule has 0 amide bonds. The topological polar surface area (TPSA) is 12.0 Å². The van der Waals surface area contributed by atoms with E-state index in [9.17, 15) is 0 Å². The fourth-order valence-electron chi connectivity index (χ4n) is 2.09. The lowest BCUT2D eigenvalue weighted by Gasteiger charge is -2.29. The van der Waals surface area contributed by atoms with Crippen LogP contribution in [-0.4, -0.2) is 12.6 Å². The van der Waals surface area contributed by atoms with Crippen LogP contribution in [0.4, 0.5) is 0 Å². The maximum absolute atomic E-state index is 6.24. The Hall–Kier alpha value is -0.530. The van der Waals surface area contributed by atoms with E-state index in [0.29, 0.717) is 5.41 Å². The maximum Gasteiger partial charge on any atom is 0.0438 e. The lowest BCUT2D eigenvalue weighted by atomic mass is 9.81. The summed E-state index contributed by atoms with van der Waals surface area (Å²) in [5.41, 5.74) is 1.59. The van der Waals surface area contributed by atoms with Crippen molar-refractivity contribution >= 4 is 11.6 Å². The Balaban J connectivity index is 1.99. The van der Waals surface area contributed by atoms with Crippen LogP contribution < -0.4 is 5.32 Å². The predicted octanol–water partition coefficient (Wildman–Crippen LogP) is 4.05. The first-order valence-electron chi connectivity index (χ1n) is 6.60. The molecule has 1 aliphatic carbocycles. The number of nitrogens with one attached hydrogen (secondary N) is 1. The van der Waals surface area contributed by atoms with Gasteiger partial charge in [-0.2, -0.15) is 0 Å². The van der Waals surface area contributed by atoms with Gasteiger partial charge in [0.1, 0.15) is 0 Å². The Morgan fingerprint density at radius 3 is 2.65 bits per heavy atom. The highest BCUT2D eigenvalue weighted by molar-refractivity contribution is 6.31. The molecule has 1 N–H and O–H groups in total. The van der Waals surface area contributed by atoms with Crippen LogP contribution in [0.2, 0.25) is 5.02 Å². The molecule has 1 aromatic carbocycles. The molecule has 0 spiro atoms. The highest BCUT2D eigenvalue weighted by Gasteiger charge is 2.27. The molecule has 2 rings (SSSR count). The van der Waals surface area contributed by atoms with Gasteiger partial charge in [-0.05, 0) is 42.7 Å². The third-order valence-electron chi connectivity index (χ3n) is 3.82. The van der Waals surface area contributed by atoms with Gasteiger partial charge in [-0.25, -0.2) is 0 Å². The van der Waals surface area contributed by atoms with Gasteiger partial charge in [0.25, 0.3) is 0 Å². The lowest BCUT2D eigenvalue weighted by Crippen LogP contribution is -2.34. The summed E-state index contributed by atoms with van der Waals surface area (Å²) in [6.45, 7) is 5.72. The number of rotatable bonds is 6. The van der Waals surface area contributed by atoms with Crippen LogP contribution in [0.25, 0.3) is 0 Å². The monoisotopic (exact) mass is 251 g/mol. The molecule has 1 aromatic rings. The van der Waals surface area contributed by atoms with E-state index in [-0.39, 0.29) is 0 Å². The molecule has 0 saturated heterocycles.